The fourth-order valence-electron chi connectivity index (χ4n) is 3.58. The number of rotatable bonds is 5. The number of nitrogens with one attached hydrogen (secondary N) is 3. The van der Waals surface area contributed by atoms with Crippen LogP contribution in [-0.4, -0.2) is 31.3 Å². The zero-order valence-corrected chi connectivity index (χ0v) is 19.0. The van der Waals surface area contributed by atoms with Gasteiger partial charge in [0.2, 0.25) is 0 Å². The number of hydrogen-bond donors (Lipinski definition) is 4. The number of aromatic nitrogens is 5. The highest BCUT2D eigenvalue weighted by Gasteiger charge is 2.33. The molecule has 8 nitrogen and oxygen atoms in total. The Labute approximate surface area is 200 Å². The SMILES string of the molecule is C[C@@H](N)c1cccc(-c2cc3cn[nH]c3cc2NC(=O)c2csc(-c3cc(C(F)(F)F)[nH]n3)n2)c1. The van der Waals surface area contributed by atoms with Crippen LogP contribution < -0.4 is 11.1 Å². The first kappa shape index (κ1) is 22.7. The molecule has 0 bridgehead atoms. The van der Waals surface area contributed by atoms with Gasteiger partial charge in [-0.1, -0.05) is 18.2 Å². The summed E-state index contributed by atoms with van der Waals surface area (Å²) in [6.07, 6.45) is -2.87. The predicted octanol–water partition coefficient (Wildman–Crippen LogP) is 5.37. The van der Waals surface area contributed by atoms with E-state index in [9.17, 15) is 18.0 Å². The standard InChI is InChI=1S/C23H18F3N7OS/c1-11(27)12-3-2-4-13(5-12)15-6-14-9-28-31-16(14)7-17(15)29-21(34)19-10-35-22(30-19)18-8-20(33-32-18)23(24,25)26/h2-11H,27H2,1H3,(H,28,31)(H,29,34)(H,32,33)/t11-/m1/s1. The molecular weight excluding hydrogens is 479 g/mol. The second kappa shape index (κ2) is 8.64. The van der Waals surface area contributed by atoms with E-state index in [1.807, 2.05) is 42.4 Å². The summed E-state index contributed by atoms with van der Waals surface area (Å²) in [6, 6.07) is 12.1. The van der Waals surface area contributed by atoms with Crippen LogP contribution in [-0.2, 0) is 6.18 Å². The minimum absolute atomic E-state index is 0.00802. The molecule has 0 radical (unpaired) electrons. The lowest BCUT2D eigenvalue weighted by Crippen LogP contribution is -2.13. The highest BCUT2D eigenvalue weighted by molar-refractivity contribution is 7.13. The van der Waals surface area contributed by atoms with Crippen LogP contribution in [0.2, 0.25) is 0 Å². The van der Waals surface area contributed by atoms with Gasteiger partial charge in [-0.25, -0.2) is 4.98 Å². The first-order valence-electron chi connectivity index (χ1n) is 10.4. The van der Waals surface area contributed by atoms with Gasteiger partial charge in [-0.2, -0.15) is 23.4 Å². The Hall–Kier alpha value is -4.03. The molecule has 12 heteroatoms. The summed E-state index contributed by atoms with van der Waals surface area (Å²) in [7, 11) is 0. The van der Waals surface area contributed by atoms with Gasteiger partial charge in [-0.3, -0.25) is 15.0 Å². The zero-order chi connectivity index (χ0) is 24.7. The molecule has 0 aliphatic heterocycles. The van der Waals surface area contributed by atoms with E-state index in [2.05, 4.69) is 25.6 Å². The molecule has 3 aromatic heterocycles. The topological polar surface area (TPSA) is 125 Å². The average molecular weight is 498 g/mol. The summed E-state index contributed by atoms with van der Waals surface area (Å²) < 4.78 is 38.6. The van der Waals surface area contributed by atoms with Gasteiger partial charge in [-0.15, -0.1) is 11.3 Å². The molecular formula is C23H18F3N7OS. The van der Waals surface area contributed by atoms with Crippen molar-refractivity contribution >= 4 is 33.8 Å². The van der Waals surface area contributed by atoms with E-state index in [0.717, 1.165) is 45.0 Å². The molecule has 3 heterocycles. The van der Waals surface area contributed by atoms with Crippen molar-refractivity contribution in [2.75, 3.05) is 5.32 Å². The van der Waals surface area contributed by atoms with Crippen molar-refractivity contribution in [3.05, 3.63) is 71.0 Å². The summed E-state index contributed by atoms with van der Waals surface area (Å²) in [5.74, 6) is -0.512. The van der Waals surface area contributed by atoms with Crippen molar-refractivity contribution in [3.8, 4) is 21.8 Å². The Balaban J connectivity index is 1.47. The van der Waals surface area contributed by atoms with Crippen molar-refractivity contribution in [1.29, 1.82) is 0 Å². The van der Waals surface area contributed by atoms with Crippen molar-refractivity contribution in [2.45, 2.75) is 19.1 Å². The Morgan fingerprint density at radius 1 is 1.17 bits per heavy atom. The van der Waals surface area contributed by atoms with Gasteiger partial charge in [0.05, 0.1) is 17.4 Å². The normalized spacial score (nSPS) is 12.7. The number of H-pyrrole nitrogens is 2. The second-order valence-electron chi connectivity index (χ2n) is 7.93. The maximum Gasteiger partial charge on any atom is 0.432 e. The van der Waals surface area contributed by atoms with Crippen LogP contribution in [0.5, 0.6) is 0 Å². The van der Waals surface area contributed by atoms with Crippen LogP contribution in [0, 0.1) is 0 Å². The van der Waals surface area contributed by atoms with E-state index in [1.54, 1.807) is 12.3 Å². The number of anilines is 1. The van der Waals surface area contributed by atoms with E-state index < -0.39 is 17.8 Å². The number of thiazole rings is 1. The van der Waals surface area contributed by atoms with Crippen molar-refractivity contribution < 1.29 is 18.0 Å². The van der Waals surface area contributed by atoms with Crippen molar-refractivity contribution in [2.24, 2.45) is 5.73 Å². The van der Waals surface area contributed by atoms with Gasteiger partial charge in [0, 0.05) is 22.4 Å². The Morgan fingerprint density at radius 3 is 2.74 bits per heavy atom. The van der Waals surface area contributed by atoms with Crippen molar-refractivity contribution in [3.63, 3.8) is 0 Å². The Bertz CT molecular complexity index is 1530. The lowest BCUT2D eigenvalue weighted by Gasteiger charge is -2.13. The van der Waals surface area contributed by atoms with Crippen LogP contribution in [0.25, 0.3) is 32.7 Å². The molecule has 0 aliphatic carbocycles. The monoisotopic (exact) mass is 497 g/mol. The van der Waals surface area contributed by atoms with E-state index in [4.69, 9.17) is 5.73 Å². The molecule has 5 rings (SSSR count). The van der Waals surface area contributed by atoms with Gasteiger partial charge in [0.15, 0.2) is 0 Å². The first-order valence-corrected chi connectivity index (χ1v) is 11.3. The largest absolute Gasteiger partial charge is 0.432 e. The van der Waals surface area contributed by atoms with Gasteiger partial charge >= 0.3 is 6.18 Å². The molecule has 0 aliphatic rings. The fraction of sp³-hybridized carbons (Fsp3) is 0.130. The third-order valence-electron chi connectivity index (χ3n) is 5.39. The molecule has 0 spiro atoms. The quantitative estimate of drug-likeness (QED) is 0.260. The number of nitrogens with zero attached hydrogens (tertiary/aromatic N) is 3. The lowest BCUT2D eigenvalue weighted by atomic mass is 9.98. The third-order valence-corrected chi connectivity index (χ3v) is 6.25. The molecule has 0 saturated heterocycles. The van der Waals surface area contributed by atoms with Crippen LogP contribution in [0.3, 0.4) is 0 Å². The molecule has 0 fully saturated rings. The van der Waals surface area contributed by atoms with E-state index in [0.29, 0.717) is 5.69 Å². The number of alkyl halides is 3. The highest BCUT2D eigenvalue weighted by Crippen LogP contribution is 2.34. The predicted molar refractivity (Wildman–Crippen MR) is 127 cm³/mol. The van der Waals surface area contributed by atoms with Gasteiger partial charge < -0.3 is 11.1 Å². The fourth-order valence-corrected chi connectivity index (χ4v) is 4.34. The molecule has 5 N–H and O–H groups in total. The van der Waals surface area contributed by atoms with Gasteiger partial charge in [0.25, 0.3) is 5.91 Å². The molecule has 1 amide bonds. The van der Waals surface area contributed by atoms with Crippen LogP contribution in [0.1, 0.15) is 34.7 Å². The van der Waals surface area contributed by atoms with E-state index >= 15 is 0 Å². The summed E-state index contributed by atoms with van der Waals surface area (Å²) in [5.41, 5.74) is 8.91. The lowest BCUT2D eigenvalue weighted by molar-refractivity contribution is -0.141. The Kier molecular flexibility index (Phi) is 5.61. The number of carbonyl (C=O) groups is 1. The zero-order valence-electron chi connectivity index (χ0n) is 18.1. The van der Waals surface area contributed by atoms with E-state index in [1.165, 1.54) is 5.38 Å². The van der Waals surface area contributed by atoms with E-state index in [-0.39, 0.29) is 22.4 Å². The molecule has 35 heavy (non-hydrogen) atoms. The number of fused-ring (bicyclic) bond motifs is 1. The molecule has 0 saturated carbocycles. The maximum absolute atomic E-state index is 13.0. The Morgan fingerprint density at radius 2 is 2.00 bits per heavy atom. The van der Waals surface area contributed by atoms with Crippen molar-refractivity contribution in [1.82, 2.24) is 25.4 Å². The molecule has 0 unspecified atom stereocenters. The molecule has 2 aromatic carbocycles. The minimum atomic E-state index is -4.55. The number of aromatic amines is 2. The number of benzene rings is 2. The number of nitrogens with two attached hydrogens (primary N) is 1. The minimum Gasteiger partial charge on any atom is -0.324 e. The number of halogens is 3. The number of amides is 1. The maximum atomic E-state index is 13.0. The van der Waals surface area contributed by atoms with Crippen LogP contribution in [0.15, 0.2) is 54.0 Å². The number of hydrogen-bond acceptors (Lipinski definition) is 6. The second-order valence-corrected chi connectivity index (χ2v) is 8.78. The van der Waals surface area contributed by atoms with Gasteiger partial charge in [0.1, 0.15) is 22.1 Å². The molecule has 178 valence electrons. The van der Waals surface area contributed by atoms with Gasteiger partial charge in [-0.05, 0) is 42.3 Å². The van der Waals surface area contributed by atoms with Crippen LogP contribution in [0.4, 0.5) is 18.9 Å². The smallest absolute Gasteiger partial charge is 0.324 e. The summed E-state index contributed by atoms with van der Waals surface area (Å²) in [6.45, 7) is 1.89. The summed E-state index contributed by atoms with van der Waals surface area (Å²) in [5, 5.41) is 17.9. The molecule has 1 atom stereocenters. The third kappa shape index (κ3) is 4.53. The number of carbonyl (C=O) groups excluding carboxylic acids is 1. The van der Waals surface area contributed by atoms with Crippen LogP contribution >= 0.6 is 11.3 Å². The summed E-state index contributed by atoms with van der Waals surface area (Å²) in [4.78, 5) is 17.2. The highest BCUT2D eigenvalue weighted by atomic mass is 32.1. The molecule has 5 aromatic rings. The summed E-state index contributed by atoms with van der Waals surface area (Å²) >= 11 is 1.02. The first-order chi connectivity index (χ1) is 16.7. The average Bonchev–Trinajstić information content (AvgIpc) is 3.58.